The van der Waals surface area contributed by atoms with Crippen LogP contribution < -0.4 is 10.1 Å². The molecule has 2 aromatic heterocycles. The number of aromatic nitrogens is 3. The number of halogens is 3. The van der Waals surface area contributed by atoms with Crippen LogP contribution in [-0.2, 0) is 20.0 Å². The molecular formula is C26H30F3N5O2S. The summed E-state index contributed by atoms with van der Waals surface area (Å²) in [5.41, 5.74) is 2.73. The molecule has 0 spiro atoms. The molecule has 3 atom stereocenters. The van der Waals surface area contributed by atoms with E-state index in [0.717, 1.165) is 66.7 Å². The van der Waals surface area contributed by atoms with Gasteiger partial charge in [0, 0.05) is 42.6 Å². The van der Waals surface area contributed by atoms with Crippen LogP contribution >= 0.6 is 11.3 Å². The number of hydrogen-bond donors (Lipinski definition) is 1. The number of rotatable bonds is 7. The summed E-state index contributed by atoms with van der Waals surface area (Å²) in [7, 11) is 1.86. The third-order valence-corrected chi connectivity index (χ3v) is 9.31. The molecule has 3 aromatic rings. The molecule has 11 heteroatoms. The van der Waals surface area contributed by atoms with Crippen molar-refractivity contribution in [3.05, 3.63) is 40.5 Å². The Balaban J connectivity index is 0.990. The first-order valence-electron chi connectivity index (χ1n) is 12.8. The number of hydrogen-bond acceptors (Lipinski definition) is 6. The molecule has 2 fully saturated rings. The number of benzene rings is 1. The van der Waals surface area contributed by atoms with Crippen molar-refractivity contribution in [2.75, 3.05) is 19.7 Å². The van der Waals surface area contributed by atoms with Gasteiger partial charge in [-0.15, -0.1) is 0 Å². The minimum absolute atomic E-state index is 0.0253. The van der Waals surface area contributed by atoms with Crippen molar-refractivity contribution in [1.82, 2.24) is 25.0 Å². The molecule has 1 aliphatic heterocycles. The van der Waals surface area contributed by atoms with Gasteiger partial charge in [0.25, 0.3) is 11.1 Å². The van der Waals surface area contributed by atoms with Gasteiger partial charge >= 0.3 is 6.18 Å². The highest BCUT2D eigenvalue weighted by molar-refractivity contribution is 7.13. The second kappa shape index (κ2) is 9.27. The smallest absolute Gasteiger partial charge is 0.422 e. The molecule has 6 rings (SSSR count). The summed E-state index contributed by atoms with van der Waals surface area (Å²) in [5, 5.41) is 8.67. The summed E-state index contributed by atoms with van der Waals surface area (Å²) in [6, 6.07) is 5.86. The molecule has 0 saturated heterocycles. The molecule has 37 heavy (non-hydrogen) atoms. The van der Waals surface area contributed by atoms with E-state index in [1.165, 1.54) is 17.8 Å². The number of alkyl halides is 3. The van der Waals surface area contributed by atoms with Gasteiger partial charge in [0.05, 0.1) is 16.8 Å². The minimum Gasteiger partial charge on any atom is -0.460 e. The lowest BCUT2D eigenvalue weighted by molar-refractivity contribution is -0.153. The van der Waals surface area contributed by atoms with Crippen LogP contribution in [0.25, 0.3) is 10.9 Å². The van der Waals surface area contributed by atoms with Gasteiger partial charge in [-0.1, -0.05) is 17.4 Å². The Bertz CT molecular complexity index is 1320. The predicted octanol–water partition coefficient (Wildman–Crippen LogP) is 4.71. The van der Waals surface area contributed by atoms with E-state index in [0.29, 0.717) is 23.4 Å². The van der Waals surface area contributed by atoms with Crippen LogP contribution in [0.4, 0.5) is 13.2 Å². The van der Waals surface area contributed by atoms with Crippen molar-refractivity contribution in [3.63, 3.8) is 0 Å². The third-order valence-electron chi connectivity index (χ3n) is 8.24. The summed E-state index contributed by atoms with van der Waals surface area (Å²) in [5.74, 6) is 0.616. The topological polar surface area (TPSA) is 72.3 Å². The summed E-state index contributed by atoms with van der Waals surface area (Å²) < 4.78 is 43.9. The van der Waals surface area contributed by atoms with Gasteiger partial charge in [0.1, 0.15) is 0 Å². The Morgan fingerprint density at radius 1 is 1.35 bits per heavy atom. The maximum absolute atomic E-state index is 13.0. The average molecular weight is 534 g/mol. The Kier molecular flexibility index (Phi) is 6.18. The quantitative estimate of drug-likeness (QED) is 0.477. The van der Waals surface area contributed by atoms with Crippen molar-refractivity contribution >= 4 is 28.1 Å². The zero-order valence-electron chi connectivity index (χ0n) is 20.7. The number of fused-ring (bicyclic) bond motifs is 3. The molecule has 0 unspecified atom stereocenters. The molecule has 3 heterocycles. The zero-order chi connectivity index (χ0) is 25.8. The minimum atomic E-state index is -4.35. The first-order chi connectivity index (χ1) is 17.7. The van der Waals surface area contributed by atoms with E-state index in [4.69, 9.17) is 4.74 Å². The largest absolute Gasteiger partial charge is 0.460 e. The molecule has 198 valence electrons. The van der Waals surface area contributed by atoms with E-state index in [1.807, 2.05) is 31.4 Å². The first-order valence-corrected chi connectivity index (χ1v) is 13.6. The molecule has 1 aromatic carbocycles. The van der Waals surface area contributed by atoms with Crippen molar-refractivity contribution in [1.29, 1.82) is 0 Å². The van der Waals surface area contributed by atoms with Gasteiger partial charge in [0.2, 0.25) is 0 Å². The number of nitrogens with zero attached hydrogens (tertiary/aromatic N) is 4. The average Bonchev–Trinajstić information content (AvgIpc) is 3.19. The van der Waals surface area contributed by atoms with Crippen LogP contribution in [-0.4, -0.2) is 57.5 Å². The van der Waals surface area contributed by atoms with Crippen molar-refractivity contribution < 1.29 is 22.7 Å². The van der Waals surface area contributed by atoms with E-state index < -0.39 is 12.8 Å². The van der Waals surface area contributed by atoms with Gasteiger partial charge < -0.3 is 10.1 Å². The van der Waals surface area contributed by atoms with Gasteiger partial charge in [-0.3, -0.25) is 14.4 Å². The number of carbonyl (C=O) groups excluding carboxylic acids is 1. The Labute approximate surface area is 217 Å². The van der Waals surface area contributed by atoms with Crippen LogP contribution in [0.1, 0.15) is 53.0 Å². The zero-order valence-corrected chi connectivity index (χ0v) is 21.5. The summed E-state index contributed by atoms with van der Waals surface area (Å²) in [4.78, 5) is 20.8. The molecule has 2 aliphatic carbocycles. The number of amides is 1. The van der Waals surface area contributed by atoms with E-state index in [2.05, 4.69) is 20.3 Å². The molecule has 2 saturated carbocycles. The van der Waals surface area contributed by atoms with Crippen molar-refractivity contribution in [2.45, 2.75) is 57.3 Å². The molecule has 0 radical (unpaired) electrons. The fourth-order valence-electron chi connectivity index (χ4n) is 6.19. The second-order valence-corrected chi connectivity index (χ2v) is 11.8. The summed E-state index contributed by atoms with van der Waals surface area (Å²) in [6.45, 7) is 1.23. The fourth-order valence-corrected chi connectivity index (χ4v) is 7.09. The van der Waals surface area contributed by atoms with Crippen LogP contribution in [0.2, 0.25) is 0 Å². The molecule has 7 nitrogen and oxygen atoms in total. The monoisotopic (exact) mass is 533 g/mol. The molecular weight excluding hydrogens is 503 g/mol. The number of aryl methyl sites for hydroxylation is 1. The van der Waals surface area contributed by atoms with Gasteiger partial charge in [-0.05, 0) is 68.5 Å². The maximum atomic E-state index is 13.0. The standard InChI is InChI=1S/C26H30F3N5O2S/c1-33-13-19-18(3-2-4-20(19)32-33)23(35)30-17-5-7-25(12-16(25)11-17)8-10-34-9-6-22-21(14-34)31-24(37-22)36-15-26(27,28)29/h2-4,13,16-17H,5-12,14-15H2,1H3,(H,30,35)/t16-,17+,25-/m0/s1. The molecule has 3 aliphatic rings. The highest BCUT2D eigenvalue weighted by Gasteiger charge is 2.56. The van der Waals surface area contributed by atoms with Crippen LogP contribution in [0.15, 0.2) is 24.4 Å². The SMILES string of the molecule is Cn1cc2c(C(=O)N[C@@H]3CC[C@]4(CCN5CCc6sc(OCC(F)(F)F)nc6C5)C[C@@H]4C3)cccc2n1. The van der Waals surface area contributed by atoms with E-state index >= 15 is 0 Å². The lowest BCUT2D eigenvalue weighted by atomic mass is 9.83. The van der Waals surface area contributed by atoms with Crippen LogP contribution in [0.3, 0.4) is 0 Å². The normalized spacial score (nSPS) is 25.5. The fraction of sp³-hybridized carbons (Fsp3) is 0.577. The van der Waals surface area contributed by atoms with Crippen LogP contribution in [0.5, 0.6) is 5.19 Å². The Morgan fingerprint density at radius 2 is 2.22 bits per heavy atom. The Hall–Kier alpha value is -2.66. The Morgan fingerprint density at radius 3 is 3.03 bits per heavy atom. The second-order valence-electron chi connectivity index (χ2n) is 10.8. The van der Waals surface area contributed by atoms with E-state index in [1.54, 1.807) is 4.68 Å². The lowest BCUT2D eigenvalue weighted by Crippen LogP contribution is -2.39. The van der Waals surface area contributed by atoms with Crippen LogP contribution in [0, 0.1) is 11.3 Å². The highest BCUT2D eigenvalue weighted by Crippen LogP contribution is 2.63. The summed E-state index contributed by atoms with van der Waals surface area (Å²) >= 11 is 1.24. The van der Waals surface area contributed by atoms with Gasteiger partial charge in [0.15, 0.2) is 6.61 Å². The van der Waals surface area contributed by atoms with Gasteiger partial charge in [-0.25, -0.2) is 4.98 Å². The van der Waals surface area contributed by atoms with E-state index in [9.17, 15) is 18.0 Å². The van der Waals surface area contributed by atoms with Crippen molar-refractivity contribution in [2.24, 2.45) is 18.4 Å². The summed E-state index contributed by atoms with van der Waals surface area (Å²) in [6.07, 6.45) is 3.79. The molecule has 0 bridgehead atoms. The third kappa shape index (κ3) is 5.20. The maximum Gasteiger partial charge on any atom is 0.422 e. The first kappa shape index (κ1) is 24.7. The van der Waals surface area contributed by atoms with Gasteiger partial charge in [-0.2, -0.15) is 18.3 Å². The number of ether oxygens (including phenoxy) is 1. The highest BCUT2D eigenvalue weighted by atomic mass is 32.1. The number of carbonyl (C=O) groups is 1. The molecule has 1 amide bonds. The van der Waals surface area contributed by atoms with E-state index in [-0.39, 0.29) is 17.1 Å². The number of nitrogens with one attached hydrogen (secondary N) is 1. The predicted molar refractivity (Wildman–Crippen MR) is 134 cm³/mol. The molecule has 1 N–H and O–H groups in total. The van der Waals surface area contributed by atoms with Crippen molar-refractivity contribution in [3.8, 4) is 5.19 Å². The number of thiazole rings is 1. The lowest BCUT2D eigenvalue weighted by Gasteiger charge is -2.32.